The lowest BCUT2D eigenvalue weighted by atomic mass is 9.95. The highest BCUT2D eigenvalue weighted by molar-refractivity contribution is 6.31. The maximum atomic E-state index is 13.9. The van der Waals surface area contributed by atoms with Gasteiger partial charge in [0.05, 0.1) is 12.5 Å². The van der Waals surface area contributed by atoms with Gasteiger partial charge in [0.2, 0.25) is 5.91 Å². The van der Waals surface area contributed by atoms with Crippen molar-refractivity contribution in [2.24, 2.45) is 5.92 Å². The van der Waals surface area contributed by atoms with E-state index < -0.39 is 5.82 Å². The van der Waals surface area contributed by atoms with E-state index in [1.54, 1.807) is 6.07 Å². The zero-order chi connectivity index (χ0) is 18.7. The molecule has 0 saturated carbocycles. The normalized spacial score (nSPS) is 14.2. The third-order valence-electron chi connectivity index (χ3n) is 4.31. The van der Waals surface area contributed by atoms with Gasteiger partial charge in [0, 0.05) is 10.6 Å². The average molecular weight is 378 g/mol. The van der Waals surface area contributed by atoms with Gasteiger partial charge in [0.25, 0.3) is 0 Å². The molecule has 0 spiro atoms. The molecule has 4 nitrogen and oxygen atoms in total. The monoisotopic (exact) mass is 377 g/mol. The first kappa shape index (κ1) is 18.5. The fraction of sp³-hybridized carbons (Fsp3) is 0.350. The first-order valence-corrected chi connectivity index (χ1v) is 8.95. The lowest BCUT2D eigenvalue weighted by molar-refractivity contribution is -0.121. The maximum Gasteiger partial charge on any atom is 0.225 e. The molecule has 3 rings (SSSR count). The van der Waals surface area contributed by atoms with E-state index >= 15 is 0 Å². The minimum absolute atomic E-state index is 0.112. The zero-order valence-corrected chi connectivity index (χ0v) is 15.5. The molecular weight excluding hydrogens is 357 g/mol. The van der Waals surface area contributed by atoms with Crippen LogP contribution in [0.5, 0.6) is 11.5 Å². The molecule has 0 saturated heterocycles. The number of amides is 1. The summed E-state index contributed by atoms with van der Waals surface area (Å²) in [6, 6.07) is 9.81. The number of halogens is 2. The molecule has 0 radical (unpaired) electrons. The van der Waals surface area contributed by atoms with Crippen LogP contribution in [0.15, 0.2) is 36.4 Å². The van der Waals surface area contributed by atoms with Gasteiger partial charge < -0.3 is 14.8 Å². The molecule has 1 N–H and O–H groups in total. The van der Waals surface area contributed by atoms with Gasteiger partial charge in [-0.1, -0.05) is 37.6 Å². The highest BCUT2D eigenvalue weighted by atomic mass is 35.5. The van der Waals surface area contributed by atoms with Gasteiger partial charge in [0.15, 0.2) is 11.5 Å². The lowest BCUT2D eigenvalue weighted by Crippen LogP contribution is -2.33. The Kier molecular flexibility index (Phi) is 5.67. The number of carbonyl (C=O) groups excluding carboxylic acids is 1. The second-order valence-electron chi connectivity index (χ2n) is 6.57. The van der Waals surface area contributed by atoms with Gasteiger partial charge in [-0.25, -0.2) is 4.39 Å². The molecule has 1 heterocycles. The van der Waals surface area contributed by atoms with Crippen LogP contribution >= 0.6 is 11.6 Å². The van der Waals surface area contributed by atoms with Crippen LogP contribution in [0.25, 0.3) is 0 Å². The molecule has 0 fully saturated rings. The highest BCUT2D eigenvalue weighted by Crippen LogP contribution is 2.34. The summed E-state index contributed by atoms with van der Waals surface area (Å²) in [5.41, 5.74) is 1.12. The highest BCUT2D eigenvalue weighted by Gasteiger charge is 2.22. The Balaban J connectivity index is 1.77. The number of fused-ring (bicyclic) bond motifs is 1. The zero-order valence-electron chi connectivity index (χ0n) is 14.7. The predicted octanol–water partition coefficient (Wildman–Crippen LogP) is 4.31. The molecule has 0 unspecified atom stereocenters. The molecule has 1 aliphatic heterocycles. The standard InChI is InChI=1S/C20H21ClFNO3/c1-12(2)20(13-6-7-17-18(10-13)26-9-8-25-17)23-19(24)11-14-15(21)4-3-5-16(14)22/h3-7,10,12,20H,8-9,11H2,1-2H3,(H,23,24)/t20-/m0/s1. The summed E-state index contributed by atoms with van der Waals surface area (Å²) in [5.74, 6) is 0.744. The number of hydrogen-bond donors (Lipinski definition) is 1. The van der Waals surface area contributed by atoms with Crippen LogP contribution in [0.3, 0.4) is 0 Å². The van der Waals surface area contributed by atoms with E-state index in [9.17, 15) is 9.18 Å². The quantitative estimate of drug-likeness (QED) is 0.844. The fourth-order valence-corrected chi connectivity index (χ4v) is 3.20. The van der Waals surface area contributed by atoms with Gasteiger partial charge in [-0.3, -0.25) is 4.79 Å². The van der Waals surface area contributed by atoms with Crippen LogP contribution in [0.1, 0.15) is 31.0 Å². The maximum absolute atomic E-state index is 13.9. The van der Waals surface area contributed by atoms with Gasteiger partial charge in [-0.2, -0.15) is 0 Å². The molecule has 1 atom stereocenters. The first-order chi connectivity index (χ1) is 12.5. The van der Waals surface area contributed by atoms with Crippen LogP contribution in [0, 0.1) is 11.7 Å². The summed E-state index contributed by atoms with van der Waals surface area (Å²) in [5, 5.41) is 3.23. The topological polar surface area (TPSA) is 47.6 Å². The van der Waals surface area contributed by atoms with E-state index in [1.807, 2.05) is 32.0 Å². The summed E-state index contributed by atoms with van der Waals surface area (Å²) in [6.07, 6.45) is -0.112. The van der Waals surface area contributed by atoms with E-state index in [1.165, 1.54) is 12.1 Å². The predicted molar refractivity (Wildman–Crippen MR) is 98.3 cm³/mol. The number of ether oxygens (including phenoxy) is 2. The van der Waals surface area contributed by atoms with Crippen LogP contribution in [-0.4, -0.2) is 19.1 Å². The van der Waals surface area contributed by atoms with Crippen LogP contribution < -0.4 is 14.8 Å². The van der Waals surface area contributed by atoms with E-state index in [2.05, 4.69) is 5.32 Å². The van der Waals surface area contributed by atoms with Crippen molar-refractivity contribution in [3.05, 3.63) is 58.4 Å². The van der Waals surface area contributed by atoms with Crippen molar-refractivity contribution >= 4 is 17.5 Å². The molecule has 0 aromatic heterocycles. The number of hydrogen-bond acceptors (Lipinski definition) is 3. The van der Waals surface area contributed by atoms with E-state index in [0.29, 0.717) is 24.7 Å². The summed E-state index contributed by atoms with van der Waals surface area (Å²) < 4.78 is 25.1. The van der Waals surface area contributed by atoms with E-state index in [4.69, 9.17) is 21.1 Å². The molecular formula is C20H21ClFNO3. The Morgan fingerprint density at radius 3 is 2.62 bits per heavy atom. The minimum Gasteiger partial charge on any atom is -0.486 e. The molecule has 138 valence electrons. The van der Waals surface area contributed by atoms with Crippen LogP contribution in [0.2, 0.25) is 5.02 Å². The number of rotatable bonds is 5. The Bertz CT molecular complexity index is 789. The Labute approximate surface area is 157 Å². The lowest BCUT2D eigenvalue weighted by Gasteiger charge is -2.25. The van der Waals surface area contributed by atoms with Crippen LogP contribution in [0.4, 0.5) is 4.39 Å². The van der Waals surface area contributed by atoms with Crippen molar-refractivity contribution in [1.82, 2.24) is 5.32 Å². The van der Waals surface area contributed by atoms with Crippen molar-refractivity contribution in [2.75, 3.05) is 13.2 Å². The smallest absolute Gasteiger partial charge is 0.225 e. The van der Waals surface area contributed by atoms with Crippen LogP contribution in [-0.2, 0) is 11.2 Å². The fourth-order valence-electron chi connectivity index (χ4n) is 2.97. The third-order valence-corrected chi connectivity index (χ3v) is 4.66. The van der Waals surface area contributed by atoms with Gasteiger partial charge in [-0.05, 0) is 35.7 Å². The van der Waals surface area contributed by atoms with Gasteiger partial charge in [0.1, 0.15) is 19.0 Å². The average Bonchev–Trinajstić information content (AvgIpc) is 2.62. The number of carbonyl (C=O) groups is 1. The number of nitrogens with one attached hydrogen (secondary N) is 1. The van der Waals surface area contributed by atoms with Gasteiger partial charge >= 0.3 is 0 Å². The Hall–Kier alpha value is -2.27. The molecule has 6 heteroatoms. The van der Waals surface area contributed by atoms with Crippen molar-refractivity contribution in [3.63, 3.8) is 0 Å². The van der Waals surface area contributed by atoms with Gasteiger partial charge in [-0.15, -0.1) is 0 Å². The third kappa shape index (κ3) is 4.10. The SMILES string of the molecule is CC(C)[C@H](NC(=O)Cc1c(F)cccc1Cl)c1ccc2c(c1)OCCO2. The second-order valence-corrected chi connectivity index (χ2v) is 6.98. The molecule has 2 aromatic carbocycles. The first-order valence-electron chi connectivity index (χ1n) is 8.57. The minimum atomic E-state index is -0.479. The summed E-state index contributed by atoms with van der Waals surface area (Å²) >= 11 is 6.02. The van der Waals surface area contributed by atoms with E-state index in [-0.39, 0.29) is 34.9 Å². The molecule has 0 bridgehead atoms. The van der Waals surface area contributed by atoms with Crippen molar-refractivity contribution in [1.29, 1.82) is 0 Å². The summed E-state index contributed by atoms with van der Waals surface area (Å²) in [6.45, 7) is 5.05. The molecule has 1 amide bonds. The van der Waals surface area contributed by atoms with Crippen molar-refractivity contribution < 1.29 is 18.7 Å². The summed E-state index contributed by atoms with van der Waals surface area (Å²) in [7, 11) is 0. The Morgan fingerprint density at radius 1 is 1.19 bits per heavy atom. The summed E-state index contributed by atoms with van der Waals surface area (Å²) in [4.78, 5) is 12.5. The Morgan fingerprint density at radius 2 is 1.92 bits per heavy atom. The van der Waals surface area contributed by atoms with Crippen molar-refractivity contribution in [2.45, 2.75) is 26.3 Å². The molecule has 1 aliphatic rings. The van der Waals surface area contributed by atoms with E-state index in [0.717, 1.165) is 5.56 Å². The molecule has 0 aliphatic carbocycles. The molecule has 26 heavy (non-hydrogen) atoms. The largest absolute Gasteiger partial charge is 0.486 e. The second kappa shape index (κ2) is 7.96. The number of benzene rings is 2. The van der Waals surface area contributed by atoms with Crippen molar-refractivity contribution in [3.8, 4) is 11.5 Å². The molecule has 2 aromatic rings.